The van der Waals surface area contributed by atoms with Crippen LogP contribution in [-0.4, -0.2) is 26.2 Å². The van der Waals surface area contributed by atoms with Crippen molar-refractivity contribution in [1.82, 2.24) is 5.32 Å². The van der Waals surface area contributed by atoms with Crippen LogP contribution in [0.2, 0.25) is 5.02 Å². The van der Waals surface area contributed by atoms with Crippen molar-refractivity contribution in [2.45, 2.75) is 5.92 Å². The second-order valence-electron chi connectivity index (χ2n) is 3.95. The molecule has 2 atom stereocenters. The van der Waals surface area contributed by atoms with Crippen LogP contribution >= 0.6 is 24.0 Å². The van der Waals surface area contributed by atoms with Gasteiger partial charge < -0.3 is 10.1 Å². The predicted octanol–water partition coefficient (Wildman–Crippen LogP) is 2.24. The molecule has 0 radical (unpaired) electrons. The molecule has 1 heterocycles. The van der Waals surface area contributed by atoms with Crippen LogP contribution in [0.15, 0.2) is 24.3 Å². The molecule has 1 aromatic rings. The number of carbonyl (C=O) groups is 1. The number of ether oxygens (including phenoxy) is 1. The molecule has 0 aromatic heterocycles. The highest BCUT2D eigenvalue weighted by atomic mass is 35.5. The van der Waals surface area contributed by atoms with E-state index in [2.05, 4.69) is 5.32 Å². The molecule has 94 valence electrons. The lowest BCUT2D eigenvalue weighted by atomic mass is 9.89. The lowest BCUT2D eigenvalue weighted by Gasteiger charge is -2.16. The van der Waals surface area contributed by atoms with Crippen LogP contribution in [0.3, 0.4) is 0 Å². The Labute approximate surface area is 112 Å². The lowest BCUT2D eigenvalue weighted by molar-refractivity contribution is -0.145. The van der Waals surface area contributed by atoms with E-state index >= 15 is 0 Å². The number of hydrogen-bond acceptors (Lipinski definition) is 3. The third-order valence-electron chi connectivity index (χ3n) is 2.99. The average molecular weight is 276 g/mol. The maximum atomic E-state index is 11.6. The largest absolute Gasteiger partial charge is 0.469 e. The van der Waals surface area contributed by atoms with Gasteiger partial charge in [0.05, 0.1) is 13.0 Å². The molecule has 0 saturated carbocycles. The molecule has 0 bridgehead atoms. The molecular weight excluding hydrogens is 261 g/mol. The van der Waals surface area contributed by atoms with Gasteiger partial charge in [-0.25, -0.2) is 0 Å². The molecule has 3 nitrogen and oxygen atoms in total. The van der Waals surface area contributed by atoms with Crippen molar-refractivity contribution in [3.63, 3.8) is 0 Å². The summed E-state index contributed by atoms with van der Waals surface area (Å²) in [5.41, 5.74) is 1.09. The van der Waals surface area contributed by atoms with E-state index in [9.17, 15) is 4.79 Å². The predicted molar refractivity (Wildman–Crippen MR) is 69.8 cm³/mol. The maximum Gasteiger partial charge on any atom is 0.310 e. The maximum absolute atomic E-state index is 11.6. The molecule has 1 saturated heterocycles. The molecule has 0 amide bonds. The van der Waals surface area contributed by atoms with E-state index in [0.29, 0.717) is 11.6 Å². The van der Waals surface area contributed by atoms with Crippen LogP contribution in [0, 0.1) is 5.92 Å². The zero-order valence-corrected chi connectivity index (χ0v) is 11.1. The van der Waals surface area contributed by atoms with Gasteiger partial charge in [-0.1, -0.05) is 23.7 Å². The second-order valence-corrected chi connectivity index (χ2v) is 4.39. The number of nitrogens with one attached hydrogen (secondary N) is 1. The van der Waals surface area contributed by atoms with Gasteiger partial charge in [0.2, 0.25) is 0 Å². The van der Waals surface area contributed by atoms with E-state index in [1.54, 1.807) is 0 Å². The fraction of sp³-hybridized carbons (Fsp3) is 0.417. The van der Waals surface area contributed by atoms with Crippen molar-refractivity contribution in [1.29, 1.82) is 0 Å². The Morgan fingerprint density at radius 2 is 2.24 bits per heavy atom. The zero-order valence-electron chi connectivity index (χ0n) is 9.48. The van der Waals surface area contributed by atoms with Gasteiger partial charge in [-0.15, -0.1) is 12.4 Å². The summed E-state index contributed by atoms with van der Waals surface area (Å²) >= 11 is 5.95. The monoisotopic (exact) mass is 275 g/mol. The molecule has 0 aliphatic carbocycles. The Balaban J connectivity index is 0.00000144. The molecule has 1 N–H and O–H groups in total. The SMILES string of the molecule is COC(=O)C1CNCC1c1cccc(Cl)c1.Cl. The van der Waals surface area contributed by atoms with E-state index in [0.717, 1.165) is 12.1 Å². The standard InChI is InChI=1S/C12H14ClNO2.ClH/c1-16-12(15)11-7-14-6-10(11)8-3-2-4-9(13)5-8;/h2-5,10-11,14H,6-7H2,1H3;1H. The first kappa shape index (κ1) is 14.3. The fourth-order valence-corrected chi connectivity index (χ4v) is 2.36. The van der Waals surface area contributed by atoms with Crippen molar-refractivity contribution < 1.29 is 9.53 Å². The Bertz CT molecular complexity index is 398. The number of methoxy groups -OCH3 is 1. The highest BCUT2D eigenvalue weighted by Gasteiger charge is 2.34. The molecule has 1 aliphatic heterocycles. The first-order valence-electron chi connectivity index (χ1n) is 5.26. The van der Waals surface area contributed by atoms with E-state index in [-0.39, 0.29) is 30.2 Å². The van der Waals surface area contributed by atoms with Gasteiger partial charge in [0.1, 0.15) is 0 Å². The topological polar surface area (TPSA) is 38.3 Å². The zero-order chi connectivity index (χ0) is 11.5. The summed E-state index contributed by atoms with van der Waals surface area (Å²) in [6.07, 6.45) is 0. The molecule has 1 fully saturated rings. The fourth-order valence-electron chi connectivity index (χ4n) is 2.17. The number of rotatable bonds is 2. The van der Waals surface area contributed by atoms with Crippen molar-refractivity contribution >= 4 is 30.0 Å². The van der Waals surface area contributed by atoms with Gasteiger partial charge in [0.15, 0.2) is 0 Å². The number of carbonyl (C=O) groups excluding carboxylic acids is 1. The van der Waals surface area contributed by atoms with E-state index in [4.69, 9.17) is 16.3 Å². The molecule has 2 unspecified atom stereocenters. The minimum Gasteiger partial charge on any atom is -0.469 e. The van der Waals surface area contributed by atoms with E-state index in [1.165, 1.54) is 7.11 Å². The summed E-state index contributed by atoms with van der Waals surface area (Å²) in [5, 5.41) is 3.91. The Morgan fingerprint density at radius 1 is 1.47 bits per heavy atom. The van der Waals surface area contributed by atoms with Crippen LogP contribution in [0.5, 0.6) is 0 Å². The Morgan fingerprint density at radius 3 is 2.88 bits per heavy atom. The number of hydrogen-bond donors (Lipinski definition) is 1. The number of halogens is 2. The van der Waals surface area contributed by atoms with Crippen LogP contribution < -0.4 is 5.32 Å². The Kier molecular flexibility index (Phi) is 5.25. The highest BCUT2D eigenvalue weighted by molar-refractivity contribution is 6.30. The van der Waals surface area contributed by atoms with Crippen LogP contribution in [-0.2, 0) is 9.53 Å². The smallest absolute Gasteiger partial charge is 0.310 e. The van der Waals surface area contributed by atoms with Crippen molar-refractivity contribution in [2.24, 2.45) is 5.92 Å². The van der Waals surface area contributed by atoms with Gasteiger partial charge in [-0.2, -0.15) is 0 Å². The van der Waals surface area contributed by atoms with Gasteiger partial charge in [0, 0.05) is 24.0 Å². The molecule has 2 rings (SSSR count). The van der Waals surface area contributed by atoms with Gasteiger partial charge in [-0.05, 0) is 17.7 Å². The second kappa shape index (κ2) is 6.24. The highest BCUT2D eigenvalue weighted by Crippen LogP contribution is 2.30. The first-order valence-corrected chi connectivity index (χ1v) is 5.64. The minimum atomic E-state index is -0.157. The van der Waals surface area contributed by atoms with Crippen LogP contribution in [0.4, 0.5) is 0 Å². The third-order valence-corrected chi connectivity index (χ3v) is 3.23. The molecule has 17 heavy (non-hydrogen) atoms. The summed E-state index contributed by atoms with van der Waals surface area (Å²) in [7, 11) is 1.43. The van der Waals surface area contributed by atoms with Gasteiger partial charge >= 0.3 is 5.97 Å². The van der Waals surface area contributed by atoms with Crippen LogP contribution in [0.25, 0.3) is 0 Å². The van der Waals surface area contributed by atoms with Gasteiger partial charge in [0.25, 0.3) is 0 Å². The lowest BCUT2D eigenvalue weighted by Crippen LogP contribution is -2.22. The molecule has 1 aromatic carbocycles. The summed E-state index contributed by atoms with van der Waals surface area (Å²) < 4.78 is 4.80. The first-order chi connectivity index (χ1) is 7.72. The normalized spacial score (nSPS) is 22.9. The van der Waals surface area contributed by atoms with Gasteiger partial charge in [-0.3, -0.25) is 4.79 Å². The van der Waals surface area contributed by atoms with Crippen molar-refractivity contribution in [3.8, 4) is 0 Å². The minimum absolute atomic E-state index is 0. The average Bonchev–Trinajstić information content (AvgIpc) is 2.77. The van der Waals surface area contributed by atoms with Crippen molar-refractivity contribution in [2.75, 3.05) is 20.2 Å². The summed E-state index contributed by atoms with van der Waals surface area (Å²) in [4.78, 5) is 11.6. The summed E-state index contributed by atoms with van der Waals surface area (Å²) in [5.74, 6) is -0.107. The quantitative estimate of drug-likeness (QED) is 0.842. The third kappa shape index (κ3) is 3.12. The molecule has 0 spiro atoms. The molecule has 1 aliphatic rings. The van der Waals surface area contributed by atoms with Crippen molar-refractivity contribution in [3.05, 3.63) is 34.9 Å². The van der Waals surface area contributed by atoms with E-state index < -0.39 is 0 Å². The number of esters is 1. The van der Waals surface area contributed by atoms with E-state index in [1.807, 2.05) is 24.3 Å². The number of benzene rings is 1. The molecule has 5 heteroatoms. The Hall–Kier alpha value is -0.770. The summed E-state index contributed by atoms with van der Waals surface area (Å²) in [6, 6.07) is 7.65. The molecular formula is C12H15Cl2NO2. The van der Waals surface area contributed by atoms with Crippen LogP contribution in [0.1, 0.15) is 11.5 Å². The summed E-state index contributed by atoms with van der Waals surface area (Å²) in [6.45, 7) is 1.46.